The normalized spacial score (nSPS) is 25.3. The highest BCUT2D eigenvalue weighted by molar-refractivity contribution is 5.78. The number of hydrogen-bond acceptors (Lipinski definition) is 3. The Morgan fingerprint density at radius 1 is 1.37 bits per heavy atom. The van der Waals surface area contributed by atoms with Gasteiger partial charge in [-0.2, -0.15) is 0 Å². The topological polar surface area (TPSA) is 66.8 Å². The summed E-state index contributed by atoms with van der Waals surface area (Å²) in [6.45, 7) is 4.27. The molecule has 0 aromatic rings. The van der Waals surface area contributed by atoms with E-state index in [1.807, 2.05) is 0 Å². The van der Waals surface area contributed by atoms with E-state index >= 15 is 0 Å². The smallest absolute Gasteiger partial charge is 0.410 e. The van der Waals surface area contributed by atoms with Crippen LogP contribution in [0.2, 0.25) is 0 Å². The Balaban J connectivity index is 2.13. The molecule has 1 unspecified atom stereocenters. The minimum atomic E-state index is -0.771. The van der Waals surface area contributed by atoms with Gasteiger partial charge in [0.1, 0.15) is 6.61 Å². The quantitative estimate of drug-likeness (QED) is 0.794. The zero-order valence-electron chi connectivity index (χ0n) is 11.1. The molecule has 0 spiro atoms. The summed E-state index contributed by atoms with van der Waals surface area (Å²) >= 11 is 0. The molecule has 1 amide bonds. The van der Waals surface area contributed by atoms with Crippen molar-refractivity contribution in [2.24, 2.45) is 5.41 Å². The number of nitrogens with zero attached hydrogens (tertiary/aromatic N) is 1. The van der Waals surface area contributed by atoms with Crippen molar-refractivity contribution in [2.75, 3.05) is 13.2 Å². The molecule has 0 aromatic carbocycles. The maximum atomic E-state index is 12.0. The lowest BCUT2D eigenvalue weighted by Crippen LogP contribution is -2.59. The van der Waals surface area contributed by atoms with Gasteiger partial charge in [0.15, 0.2) is 0 Å². The second-order valence-corrected chi connectivity index (χ2v) is 5.39. The summed E-state index contributed by atoms with van der Waals surface area (Å²) in [7, 11) is 0. The van der Waals surface area contributed by atoms with Crippen molar-refractivity contribution in [1.82, 2.24) is 4.90 Å². The molecule has 1 atom stereocenters. The van der Waals surface area contributed by atoms with Crippen LogP contribution in [0.3, 0.4) is 0 Å². The number of rotatable bonds is 4. The zero-order chi connectivity index (χ0) is 13.9. The van der Waals surface area contributed by atoms with Crippen LogP contribution in [-0.2, 0) is 9.53 Å². The highest BCUT2D eigenvalue weighted by Gasteiger charge is 2.54. The Hall–Kier alpha value is -1.52. The molecule has 19 heavy (non-hydrogen) atoms. The lowest BCUT2D eigenvalue weighted by molar-refractivity contribution is -0.162. The molecule has 1 saturated carbocycles. The van der Waals surface area contributed by atoms with Crippen LogP contribution in [0.15, 0.2) is 12.7 Å². The molecule has 5 nitrogen and oxygen atoms in total. The van der Waals surface area contributed by atoms with Crippen LogP contribution in [-0.4, -0.2) is 41.3 Å². The largest absolute Gasteiger partial charge is 0.481 e. The molecule has 1 saturated heterocycles. The van der Waals surface area contributed by atoms with Gasteiger partial charge in [0, 0.05) is 6.54 Å². The fourth-order valence-electron chi connectivity index (χ4n) is 3.19. The van der Waals surface area contributed by atoms with E-state index in [1.165, 1.54) is 6.08 Å². The van der Waals surface area contributed by atoms with Crippen molar-refractivity contribution in [3.63, 3.8) is 0 Å². The fourth-order valence-corrected chi connectivity index (χ4v) is 3.19. The molecule has 106 valence electrons. The first-order valence-corrected chi connectivity index (χ1v) is 6.89. The van der Waals surface area contributed by atoms with Crippen LogP contribution < -0.4 is 0 Å². The molecule has 1 aliphatic heterocycles. The van der Waals surface area contributed by atoms with E-state index in [-0.39, 0.29) is 12.6 Å². The number of ether oxygens (including phenoxy) is 1. The van der Waals surface area contributed by atoms with Crippen molar-refractivity contribution in [3.05, 3.63) is 12.7 Å². The summed E-state index contributed by atoms with van der Waals surface area (Å²) in [5.41, 5.74) is -0.742. The van der Waals surface area contributed by atoms with Crippen LogP contribution in [0.25, 0.3) is 0 Å². The SMILES string of the molecule is C=CCOC(=O)N1CCCCC1C1(C(=O)O)CCC1. The molecule has 1 heterocycles. The number of aliphatic carboxylic acids is 1. The predicted molar refractivity (Wildman–Crippen MR) is 69.8 cm³/mol. The number of carboxylic acid groups (broad SMARTS) is 1. The Kier molecular flexibility index (Phi) is 4.12. The van der Waals surface area contributed by atoms with Crippen LogP contribution in [0.1, 0.15) is 38.5 Å². The van der Waals surface area contributed by atoms with Gasteiger partial charge >= 0.3 is 12.1 Å². The molecular formula is C14H21NO4. The number of carbonyl (C=O) groups is 2. The van der Waals surface area contributed by atoms with Gasteiger partial charge in [-0.05, 0) is 32.1 Å². The molecule has 2 aliphatic rings. The third-order valence-electron chi connectivity index (χ3n) is 4.37. The van der Waals surface area contributed by atoms with Crippen LogP contribution in [0, 0.1) is 5.41 Å². The number of carbonyl (C=O) groups excluding carboxylic acids is 1. The monoisotopic (exact) mass is 267 g/mol. The van der Waals surface area contributed by atoms with E-state index in [0.29, 0.717) is 19.4 Å². The van der Waals surface area contributed by atoms with Crippen molar-refractivity contribution in [3.8, 4) is 0 Å². The molecule has 1 aliphatic carbocycles. The lowest BCUT2D eigenvalue weighted by atomic mass is 9.62. The van der Waals surface area contributed by atoms with E-state index in [1.54, 1.807) is 4.90 Å². The van der Waals surface area contributed by atoms with E-state index in [9.17, 15) is 14.7 Å². The second kappa shape index (κ2) is 5.63. The summed E-state index contributed by atoms with van der Waals surface area (Å²) in [6, 6.07) is -0.218. The molecule has 0 radical (unpaired) electrons. The highest BCUT2D eigenvalue weighted by Crippen LogP contribution is 2.48. The average molecular weight is 267 g/mol. The van der Waals surface area contributed by atoms with Gasteiger partial charge in [0.05, 0.1) is 11.5 Å². The number of likely N-dealkylation sites (tertiary alicyclic amines) is 1. The maximum absolute atomic E-state index is 12.0. The average Bonchev–Trinajstić information content (AvgIpc) is 2.35. The van der Waals surface area contributed by atoms with Gasteiger partial charge < -0.3 is 14.7 Å². The lowest BCUT2D eigenvalue weighted by Gasteiger charge is -2.49. The van der Waals surface area contributed by atoms with Gasteiger partial charge in [0.2, 0.25) is 0 Å². The molecular weight excluding hydrogens is 246 g/mol. The number of amides is 1. The Labute approximate surface area is 113 Å². The van der Waals surface area contributed by atoms with Crippen LogP contribution in [0.4, 0.5) is 4.79 Å². The molecule has 5 heteroatoms. The molecule has 2 rings (SSSR count). The van der Waals surface area contributed by atoms with Crippen molar-refractivity contribution in [1.29, 1.82) is 0 Å². The fraction of sp³-hybridized carbons (Fsp3) is 0.714. The van der Waals surface area contributed by atoms with E-state index in [0.717, 1.165) is 25.7 Å². The van der Waals surface area contributed by atoms with Crippen LogP contribution >= 0.6 is 0 Å². The Bertz CT molecular complexity index is 376. The van der Waals surface area contributed by atoms with Crippen molar-refractivity contribution >= 4 is 12.1 Å². The summed E-state index contributed by atoms with van der Waals surface area (Å²) in [4.78, 5) is 25.3. The summed E-state index contributed by atoms with van der Waals surface area (Å²) < 4.78 is 5.08. The number of carboxylic acids is 1. The summed E-state index contributed by atoms with van der Waals surface area (Å²) in [5.74, 6) is -0.771. The van der Waals surface area contributed by atoms with Gasteiger partial charge in [0.25, 0.3) is 0 Å². The van der Waals surface area contributed by atoms with Gasteiger partial charge in [-0.25, -0.2) is 4.79 Å². The first-order valence-electron chi connectivity index (χ1n) is 6.89. The van der Waals surface area contributed by atoms with E-state index < -0.39 is 17.5 Å². The first-order chi connectivity index (χ1) is 9.12. The third kappa shape index (κ3) is 2.46. The standard InChI is InChI=1S/C14H21NO4/c1-2-10-19-13(18)15-9-4-3-6-11(15)14(12(16)17)7-5-8-14/h2,11H,1,3-10H2,(H,16,17). The van der Waals surface area contributed by atoms with Gasteiger partial charge in [-0.1, -0.05) is 19.1 Å². The molecule has 0 aromatic heterocycles. The zero-order valence-corrected chi connectivity index (χ0v) is 11.1. The molecule has 0 bridgehead atoms. The Morgan fingerprint density at radius 3 is 2.63 bits per heavy atom. The first kappa shape index (κ1) is 13.9. The van der Waals surface area contributed by atoms with E-state index in [2.05, 4.69) is 6.58 Å². The van der Waals surface area contributed by atoms with Crippen LogP contribution in [0.5, 0.6) is 0 Å². The van der Waals surface area contributed by atoms with Gasteiger partial charge in [-0.3, -0.25) is 4.79 Å². The third-order valence-corrected chi connectivity index (χ3v) is 4.37. The summed E-state index contributed by atoms with van der Waals surface area (Å²) in [5, 5.41) is 9.52. The van der Waals surface area contributed by atoms with Crippen molar-refractivity contribution < 1.29 is 19.4 Å². The van der Waals surface area contributed by atoms with Crippen molar-refractivity contribution in [2.45, 2.75) is 44.6 Å². The molecule has 2 fully saturated rings. The van der Waals surface area contributed by atoms with E-state index in [4.69, 9.17) is 4.74 Å². The van der Waals surface area contributed by atoms with Gasteiger partial charge in [-0.15, -0.1) is 0 Å². The number of hydrogen-bond donors (Lipinski definition) is 1. The molecule has 1 N–H and O–H groups in total. The second-order valence-electron chi connectivity index (χ2n) is 5.39. The number of piperidine rings is 1. The minimum absolute atomic E-state index is 0.169. The predicted octanol–water partition coefficient (Wildman–Crippen LogP) is 2.42. The maximum Gasteiger partial charge on any atom is 0.410 e. The Morgan fingerprint density at radius 2 is 2.11 bits per heavy atom. The summed E-state index contributed by atoms with van der Waals surface area (Å²) in [6.07, 6.45) is 6.02. The minimum Gasteiger partial charge on any atom is -0.481 e. The highest BCUT2D eigenvalue weighted by atomic mass is 16.6.